The van der Waals surface area contributed by atoms with Crippen molar-refractivity contribution in [1.29, 1.82) is 0 Å². The summed E-state index contributed by atoms with van der Waals surface area (Å²) in [6.45, 7) is 3.54. The maximum atomic E-state index is 12.6. The van der Waals surface area contributed by atoms with Gasteiger partial charge in [-0.3, -0.25) is 18.6 Å². The van der Waals surface area contributed by atoms with Crippen molar-refractivity contribution in [1.82, 2.24) is 0 Å². The molecule has 9 nitrogen and oxygen atoms in total. The number of phosphoric ester groups is 1. The molecule has 406 valence electrons. The summed E-state index contributed by atoms with van der Waals surface area (Å²) in [7, 11) is -4.40. The Hall–Kier alpha value is -4.11. The van der Waals surface area contributed by atoms with Crippen LogP contribution >= 0.6 is 7.82 Å². The molecule has 0 aliphatic heterocycles. The summed E-state index contributed by atoms with van der Waals surface area (Å²) in [5.41, 5.74) is 5.36. The lowest BCUT2D eigenvalue weighted by atomic mass is 10.0. The van der Waals surface area contributed by atoms with E-state index in [0.29, 0.717) is 6.42 Å². The molecule has 0 spiro atoms. The van der Waals surface area contributed by atoms with Crippen molar-refractivity contribution >= 4 is 19.8 Å². The van der Waals surface area contributed by atoms with E-state index in [2.05, 4.69) is 160 Å². The number of carbonyl (C=O) groups excluding carboxylic acids is 2. The number of hydrogen-bond donors (Lipinski definition) is 2. The average molecular weight is 1020 g/mol. The third-order valence-corrected chi connectivity index (χ3v) is 12.0. The number of esters is 2. The van der Waals surface area contributed by atoms with Gasteiger partial charge in [-0.25, -0.2) is 4.57 Å². The number of phosphoric acid groups is 1. The van der Waals surface area contributed by atoms with Crippen molar-refractivity contribution in [3.8, 4) is 0 Å². The Kier molecular flexibility index (Phi) is 53.0. The largest absolute Gasteiger partial charge is 0.472 e. The minimum atomic E-state index is -4.40. The van der Waals surface area contributed by atoms with Gasteiger partial charge in [-0.15, -0.1) is 0 Å². The summed E-state index contributed by atoms with van der Waals surface area (Å²) >= 11 is 0. The van der Waals surface area contributed by atoms with Crippen LogP contribution in [0.15, 0.2) is 146 Å². The lowest BCUT2D eigenvalue weighted by molar-refractivity contribution is -0.161. The Balaban J connectivity index is 4.09. The van der Waals surface area contributed by atoms with Crippen LogP contribution in [-0.2, 0) is 32.7 Å². The first-order valence-corrected chi connectivity index (χ1v) is 29.3. The molecule has 0 saturated carbocycles. The molecule has 2 unspecified atom stereocenters. The van der Waals surface area contributed by atoms with Crippen molar-refractivity contribution < 1.29 is 37.6 Å². The van der Waals surface area contributed by atoms with E-state index in [1.54, 1.807) is 0 Å². The van der Waals surface area contributed by atoms with Crippen LogP contribution < -0.4 is 5.73 Å². The molecular formula is C62H100NO8P. The van der Waals surface area contributed by atoms with E-state index in [1.165, 1.54) is 57.8 Å². The van der Waals surface area contributed by atoms with Crippen molar-refractivity contribution in [3.63, 3.8) is 0 Å². The number of ether oxygens (including phenoxy) is 2. The number of allylic oxidation sites excluding steroid dienone is 24. The third-order valence-electron chi connectivity index (χ3n) is 11.0. The van der Waals surface area contributed by atoms with Gasteiger partial charge in [0, 0.05) is 19.4 Å². The van der Waals surface area contributed by atoms with Gasteiger partial charge in [0.05, 0.1) is 13.2 Å². The van der Waals surface area contributed by atoms with Crippen LogP contribution in [0.3, 0.4) is 0 Å². The maximum absolute atomic E-state index is 12.6. The minimum Gasteiger partial charge on any atom is -0.462 e. The highest BCUT2D eigenvalue weighted by molar-refractivity contribution is 7.47. The molecule has 0 aromatic heterocycles. The molecular weight excluding hydrogens is 918 g/mol. The van der Waals surface area contributed by atoms with Crippen LogP contribution in [0.5, 0.6) is 0 Å². The number of carbonyl (C=O) groups is 2. The molecule has 2 atom stereocenters. The van der Waals surface area contributed by atoms with Crippen molar-refractivity contribution in [2.75, 3.05) is 26.4 Å². The molecule has 0 aromatic carbocycles. The zero-order valence-corrected chi connectivity index (χ0v) is 46.0. The Morgan fingerprint density at radius 1 is 0.431 bits per heavy atom. The predicted octanol–water partition coefficient (Wildman–Crippen LogP) is 17.6. The van der Waals surface area contributed by atoms with Crippen molar-refractivity contribution in [2.45, 2.75) is 206 Å². The summed E-state index contributed by atoms with van der Waals surface area (Å²) in [4.78, 5) is 35.0. The standard InChI is InChI=1S/C62H100NO8P/c1-3-5-7-9-11-13-15-17-18-19-20-21-22-23-24-25-26-27-28-29-30-31-32-33-34-35-36-37-38-39-40-41-42-43-45-47-49-51-53-55-62(65)71-60(59-70-72(66,67)69-57-56-63)58-68-61(64)54-52-50-48-46-44-16-14-12-10-8-6-4-2/h5,7,11,13,17-18,20-21,23-24,26-27,29-30,32-33,35-36,38-39,41-42,45,47,60H,3-4,6,8-10,12,14-16,19,22,25,28,31,34,37,40,43-44,46,48-59,63H2,1-2H3,(H,66,67)/b7-5-,13-11-,18-17-,21-20-,24-23-,27-26-,30-29-,33-32-,36-35-,39-38-,42-41-,47-45-. The Bertz CT molecular complexity index is 1680. The highest BCUT2D eigenvalue weighted by Crippen LogP contribution is 2.43. The first-order valence-electron chi connectivity index (χ1n) is 27.8. The van der Waals surface area contributed by atoms with Gasteiger partial charge in [-0.2, -0.15) is 0 Å². The van der Waals surface area contributed by atoms with Gasteiger partial charge in [0.15, 0.2) is 6.10 Å². The molecule has 0 fully saturated rings. The second kappa shape index (κ2) is 56.2. The zero-order chi connectivity index (χ0) is 52.4. The molecule has 0 bridgehead atoms. The number of unbranched alkanes of at least 4 members (excludes halogenated alkanes) is 13. The van der Waals surface area contributed by atoms with Crippen molar-refractivity contribution in [3.05, 3.63) is 146 Å². The second-order valence-corrected chi connectivity index (χ2v) is 19.2. The predicted molar refractivity (Wildman–Crippen MR) is 307 cm³/mol. The average Bonchev–Trinajstić information content (AvgIpc) is 3.37. The van der Waals surface area contributed by atoms with E-state index >= 15 is 0 Å². The number of nitrogens with two attached hydrogens (primary N) is 1. The molecule has 0 aliphatic rings. The molecule has 72 heavy (non-hydrogen) atoms. The summed E-state index contributed by atoms with van der Waals surface area (Å²) in [5, 5.41) is 0. The quantitative estimate of drug-likeness (QED) is 0.0264. The highest BCUT2D eigenvalue weighted by atomic mass is 31.2. The fraction of sp³-hybridized carbons (Fsp3) is 0.581. The van der Waals surface area contributed by atoms with E-state index in [9.17, 15) is 19.0 Å². The van der Waals surface area contributed by atoms with Gasteiger partial charge in [0.25, 0.3) is 0 Å². The van der Waals surface area contributed by atoms with Gasteiger partial charge in [-0.1, -0.05) is 230 Å². The van der Waals surface area contributed by atoms with Gasteiger partial charge in [0.2, 0.25) is 0 Å². The molecule has 3 N–H and O–H groups in total. The van der Waals surface area contributed by atoms with Crippen LogP contribution in [0.1, 0.15) is 200 Å². The van der Waals surface area contributed by atoms with E-state index in [4.69, 9.17) is 24.3 Å². The number of rotatable bonds is 50. The monoisotopic (exact) mass is 1020 g/mol. The van der Waals surface area contributed by atoms with Gasteiger partial charge in [0.1, 0.15) is 6.61 Å². The van der Waals surface area contributed by atoms with E-state index in [1.807, 2.05) is 0 Å². The topological polar surface area (TPSA) is 134 Å². The first-order chi connectivity index (χ1) is 35.3. The van der Waals surface area contributed by atoms with Crippen molar-refractivity contribution in [2.24, 2.45) is 5.73 Å². The summed E-state index contributed by atoms with van der Waals surface area (Å²) in [6.07, 6.45) is 80.6. The lowest BCUT2D eigenvalue weighted by Crippen LogP contribution is -2.29. The Morgan fingerprint density at radius 2 is 0.764 bits per heavy atom. The molecule has 0 aromatic rings. The van der Waals surface area contributed by atoms with Crippen LogP contribution in [0.2, 0.25) is 0 Å². The highest BCUT2D eigenvalue weighted by Gasteiger charge is 2.26. The Labute approximate surface area is 439 Å². The molecule has 0 heterocycles. The molecule has 0 aliphatic carbocycles. The molecule has 0 amide bonds. The molecule has 0 rings (SSSR count). The third kappa shape index (κ3) is 55.2. The minimum absolute atomic E-state index is 0.0396. The fourth-order valence-electron chi connectivity index (χ4n) is 6.91. The van der Waals surface area contributed by atoms with E-state index < -0.39 is 32.5 Å². The van der Waals surface area contributed by atoms with Gasteiger partial charge >= 0.3 is 19.8 Å². The number of hydrogen-bond acceptors (Lipinski definition) is 8. The molecule has 0 saturated heterocycles. The molecule has 10 heteroatoms. The van der Waals surface area contributed by atoms with Crippen LogP contribution in [0, 0.1) is 0 Å². The second-order valence-electron chi connectivity index (χ2n) is 17.7. The smallest absolute Gasteiger partial charge is 0.462 e. The zero-order valence-electron chi connectivity index (χ0n) is 45.1. The fourth-order valence-corrected chi connectivity index (χ4v) is 7.67. The van der Waals surface area contributed by atoms with Gasteiger partial charge in [-0.05, 0) is 103 Å². The summed E-state index contributed by atoms with van der Waals surface area (Å²) in [5.74, 6) is -0.889. The van der Waals surface area contributed by atoms with Crippen LogP contribution in [0.25, 0.3) is 0 Å². The summed E-state index contributed by atoms with van der Waals surface area (Å²) < 4.78 is 32.8. The first kappa shape index (κ1) is 67.9. The van der Waals surface area contributed by atoms with Crippen LogP contribution in [0.4, 0.5) is 0 Å². The maximum Gasteiger partial charge on any atom is 0.472 e. The summed E-state index contributed by atoms with van der Waals surface area (Å²) in [6, 6.07) is 0. The van der Waals surface area contributed by atoms with Gasteiger partial charge < -0.3 is 20.1 Å². The Morgan fingerprint density at radius 3 is 1.14 bits per heavy atom. The lowest BCUT2D eigenvalue weighted by Gasteiger charge is -2.19. The SMILES string of the molecule is CC/C=C\C/C=C\C/C=C\C/C=C\C/C=C\C/C=C\C/C=C\C/C=C\C/C=C\C/C=C\C/C=C\C/C=C\CCCCC(=O)OC(COC(=O)CCCCCCCCCCCCCC)COP(=O)(O)OCCN. The van der Waals surface area contributed by atoms with E-state index in [-0.39, 0.29) is 32.6 Å². The van der Waals surface area contributed by atoms with E-state index in [0.717, 1.165) is 109 Å². The normalized spacial score (nSPS) is 14.2. The molecule has 0 radical (unpaired) electrons. The van der Waals surface area contributed by atoms with Crippen LogP contribution in [-0.4, -0.2) is 49.3 Å².